The Hall–Kier alpha value is -0.600. The third kappa shape index (κ3) is 1.37. The van der Waals surface area contributed by atoms with Crippen LogP contribution in [0.5, 0.6) is 0 Å². The van der Waals surface area contributed by atoms with Gasteiger partial charge in [-0.1, -0.05) is 11.6 Å². The van der Waals surface area contributed by atoms with Crippen LogP contribution in [0, 0.1) is 0 Å². The fraction of sp³-hybridized carbons (Fsp3) is 0.375. The monoisotopic (exact) mass is 168 g/mol. The van der Waals surface area contributed by atoms with Gasteiger partial charge in [-0.25, -0.2) is 0 Å². The first-order chi connectivity index (χ1) is 5.36. The van der Waals surface area contributed by atoms with E-state index in [0.29, 0.717) is 0 Å². The van der Waals surface area contributed by atoms with Gasteiger partial charge < -0.3 is 5.32 Å². The molecule has 1 aliphatic heterocycles. The zero-order valence-corrected chi connectivity index (χ0v) is 6.86. The zero-order chi connectivity index (χ0) is 7.68. The van der Waals surface area contributed by atoms with Gasteiger partial charge in [-0.3, -0.25) is 4.98 Å². The number of nitrogens with one attached hydrogen (secondary N) is 1. The molecule has 0 bridgehead atoms. The summed E-state index contributed by atoms with van der Waals surface area (Å²) < 4.78 is 0. The van der Waals surface area contributed by atoms with Crippen molar-refractivity contribution in [1.82, 2.24) is 10.3 Å². The van der Waals surface area contributed by atoms with Crippen LogP contribution in [0.3, 0.4) is 0 Å². The van der Waals surface area contributed by atoms with Crippen LogP contribution in [-0.2, 0) is 13.0 Å². The minimum atomic E-state index is 0.729. The number of nitrogens with zero attached hydrogens (tertiary/aromatic N) is 1. The van der Waals surface area contributed by atoms with Gasteiger partial charge in [0.25, 0.3) is 0 Å². The van der Waals surface area contributed by atoms with Gasteiger partial charge in [-0.2, -0.15) is 0 Å². The maximum absolute atomic E-state index is 5.79. The maximum Gasteiger partial charge on any atom is 0.0592 e. The van der Waals surface area contributed by atoms with E-state index in [1.165, 1.54) is 11.3 Å². The molecule has 0 atom stereocenters. The molecular weight excluding hydrogens is 160 g/mol. The van der Waals surface area contributed by atoms with E-state index in [4.69, 9.17) is 11.6 Å². The standard InChI is InChI=1S/C8H9ClN2/c9-7-3-6-4-10-2-1-8(6)11-5-7/h3,5,10H,1-2,4H2. The van der Waals surface area contributed by atoms with Crippen molar-refractivity contribution in [3.05, 3.63) is 28.5 Å². The predicted molar refractivity (Wildman–Crippen MR) is 44.7 cm³/mol. The molecule has 0 radical (unpaired) electrons. The normalized spacial score (nSPS) is 16.1. The van der Waals surface area contributed by atoms with Crippen LogP contribution >= 0.6 is 11.6 Å². The molecule has 2 rings (SSSR count). The Morgan fingerprint density at radius 1 is 1.55 bits per heavy atom. The number of hydrogen-bond acceptors (Lipinski definition) is 2. The molecule has 11 heavy (non-hydrogen) atoms. The van der Waals surface area contributed by atoms with Gasteiger partial charge in [0.1, 0.15) is 0 Å². The molecule has 0 aliphatic carbocycles. The molecule has 3 heteroatoms. The van der Waals surface area contributed by atoms with Crippen molar-refractivity contribution in [3.63, 3.8) is 0 Å². The highest BCUT2D eigenvalue weighted by Gasteiger charge is 2.08. The van der Waals surface area contributed by atoms with Gasteiger partial charge in [-0.05, 0) is 11.6 Å². The third-order valence-electron chi connectivity index (χ3n) is 1.88. The number of pyridine rings is 1. The fourth-order valence-electron chi connectivity index (χ4n) is 1.32. The number of halogens is 1. The Bertz CT molecular complexity index is 273. The lowest BCUT2D eigenvalue weighted by Crippen LogP contribution is -2.24. The average molecular weight is 169 g/mol. The van der Waals surface area contributed by atoms with Crippen LogP contribution in [0.15, 0.2) is 12.3 Å². The van der Waals surface area contributed by atoms with E-state index >= 15 is 0 Å². The molecule has 2 heterocycles. The van der Waals surface area contributed by atoms with Crippen molar-refractivity contribution in [1.29, 1.82) is 0 Å². The minimum Gasteiger partial charge on any atom is -0.312 e. The lowest BCUT2D eigenvalue weighted by atomic mass is 10.1. The molecular formula is C8H9ClN2. The predicted octanol–water partition coefficient (Wildman–Crippen LogP) is 1.38. The summed E-state index contributed by atoms with van der Waals surface area (Å²) in [6.07, 6.45) is 2.73. The summed E-state index contributed by atoms with van der Waals surface area (Å²) in [5.74, 6) is 0. The van der Waals surface area contributed by atoms with E-state index < -0.39 is 0 Å². The average Bonchev–Trinajstić information content (AvgIpc) is 2.04. The number of rotatable bonds is 0. The Balaban J connectivity index is 2.43. The second-order valence-electron chi connectivity index (χ2n) is 2.69. The number of fused-ring (bicyclic) bond motifs is 1. The summed E-state index contributed by atoms with van der Waals surface area (Å²) in [6.45, 7) is 1.94. The molecule has 0 spiro atoms. The Kier molecular flexibility index (Phi) is 1.80. The van der Waals surface area contributed by atoms with Crippen molar-refractivity contribution < 1.29 is 0 Å². The van der Waals surface area contributed by atoms with E-state index in [-0.39, 0.29) is 0 Å². The van der Waals surface area contributed by atoms with E-state index in [9.17, 15) is 0 Å². The lowest BCUT2D eigenvalue weighted by Gasteiger charge is -2.15. The van der Waals surface area contributed by atoms with Gasteiger partial charge in [0, 0.05) is 31.4 Å². The van der Waals surface area contributed by atoms with E-state index in [1.54, 1.807) is 6.20 Å². The van der Waals surface area contributed by atoms with Crippen LogP contribution in [0.25, 0.3) is 0 Å². The highest BCUT2D eigenvalue weighted by molar-refractivity contribution is 6.30. The van der Waals surface area contributed by atoms with Crippen molar-refractivity contribution >= 4 is 11.6 Å². The summed E-state index contributed by atoms with van der Waals surface area (Å²) in [5, 5.41) is 4.00. The summed E-state index contributed by atoms with van der Waals surface area (Å²) in [5.41, 5.74) is 2.43. The van der Waals surface area contributed by atoms with Crippen LogP contribution in [-0.4, -0.2) is 11.5 Å². The lowest BCUT2D eigenvalue weighted by molar-refractivity contribution is 0.630. The first-order valence-electron chi connectivity index (χ1n) is 3.70. The first kappa shape index (κ1) is 7.07. The molecule has 0 saturated carbocycles. The van der Waals surface area contributed by atoms with Crippen LogP contribution < -0.4 is 5.32 Å². The van der Waals surface area contributed by atoms with E-state index in [2.05, 4.69) is 10.3 Å². The molecule has 1 aromatic rings. The van der Waals surface area contributed by atoms with Gasteiger partial charge >= 0.3 is 0 Å². The zero-order valence-electron chi connectivity index (χ0n) is 6.10. The van der Waals surface area contributed by atoms with Crippen LogP contribution in [0.4, 0.5) is 0 Å². The topological polar surface area (TPSA) is 24.9 Å². The number of aromatic nitrogens is 1. The van der Waals surface area contributed by atoms with Crippen LogP contribution in [0.2, 0.25) is 5.02 Å². The maximum atomic E-state index is 5.79. The molecule has 1 N–H and O–H groups in total. The minimum absolute atomic E-state index is 0.729. The molecule has 1 aliphatic rings. The van der Waals surface area contributed by atoms with Crippen molar-refractivity contribution in [2.75, 3.05) is 6.54 Å². The van der Waals surface area contributed by atoms with Crippen molar-refractivity contribution in [2.24, 2.45) is 0 Å². The molecule has 2 nitrogen and oxygen atoms in total. The second kappa shape index (κ2) is 2.80. The number of hydrogen-bond donors (Lipinski definition) is 1. The molecule has 1 aromatic heterocycles. The Morgan fingerprint density at radius 3 is 3.36 bits per heavy atom. The quantitative estimate of drug-likeness (QED) is 0.633. The summed E-state index contributed by atoms with van der Waals surface area (Å²) in [4.78, 5) is 4.25. The molecule has 0 aromatic carbocycles. The van der Waals surface area contributed by atoms with Gasteiger partial charge in [0.05, 0.1) is 5.02 Å². The summed E-state index contributed by atoms with van der Waals surface area (Å²) in [7, 11) is 0. The summed E-state index contributed by atoms with van der Waals surface area (Å²) >= 11 is 5.79. The fourth-order valence-corrected chi connectivity index (χ4v) is 1.50. The molecule has 0 saturated heterocycles. The van der Waals surface area contributed by atoms with Crippen molar-refractivity contribution in [3.8, 4) is 0 Å². The second-order valence-corrected chi connectivity index (χ2v) is 3.12. The largest absolute Gasteiger partial charge is 0.312 e. The highest BCUT2D eigenvalue weighted by atomic mass is 35.5. The Labute approximate surface area is 70.6 Å². The van der Waals surface area contributed by atoms with Crippen molar-refractivity contribution in [2.45, 2.75) is 13.0 Å². The van der Waals surface area contributed by atoms with Gasteiger partial charge in [0.15, 0.2) is 0 Å². The molecule has 58 valence electrons. The highest BCUT2D eigenvalue weighted by Crippen LogP contribution is 2.15. The summed E-state index contributed by atoms with van der Waals surface area (Å²) in [6, 6.07) is 1.98. The van der Waals surface area contributed by atoms with E-state index in [1.807, 2.05) is 6.07 Å². The van der Waals surface area contributed by atoms with Crippen LogP contribution in [0.1, 0.15) is 11.3 Å². The van der Waals surface area contributed by atoms with E-state index in [0.717, 1.165) is 24.5 Å². The Morgan fingerprint density at radius 2 is 2.45 bits per heavy atom. The van der Waals surface area contributed by atoms with Gasteiger partial charge in [0.2, 0.25) is 0 Å². The molecule has 0 fully saturated rings. The third-order valence-corrected chi connectivity index (χ3v) is 2.09. The first-order valence-corrected chi connectivity index (χ1v) is 4.08. The SMILES string of the molecule is Clc1cnc2c(c1)CNCC2. The molecule has 0 amide bonds. The smallest absolute Gasteiger partial charge is 0.0592 e. The van der Waals surface area contributed by atoms with Gasteiger partial charge in [-0.15, -0.1) is 0 Å². The molecule has 0 unspecified atom stereocenters.